The Kier molecular flexibility index (Phi) is 4.13. The van der Waals surface area contributed by atoms with Gasteiger partial charge in [0.2, 0.25) is 0 Å². The van der Waals surface area contributed by atoms with Gasteiger partial charge in [0.25, 0.3) is 0 Å². The van der Waals surface area contributed by atoms with Crippen LogP contribution in [-0.4, -0.2) is 24.0 Å². The lowest BCUT2D eigenvalue weighted by Gasteiger charge is -2.35. The molecule has 0 bridgehead atoms. The highest BCUT2D eigenvalue weighted by atomic mass is 15.2. The highest BCUT2D eigenvalue weighted by molar-refractivity contribution is 5.25. The molecule has 0 amide bonds. The first-order valence-corrected chi connectivity index (χ1v) is 8.19. The van der Waals surface area contributed by atoms with Crippen LogP contribution in [0.15, 0.2) is 24.3 Å². The molecule has 2 unspecified atom stereocenters. The summed E-state index contributed by atoms with van der Waals surface area (Å²) >= 11 is 0. The highest BCUT2D eigenvalue weighted by Crippen LogP contribution is 2.37. The number of hydrogen-bond acceptors (Lipinski definition) is 2. The Morgan fingerprint density at radius 3 is 1.95 bits per heavy atom. The molecule has 2 aliphatic rings. The lowest BCUT2D eigenvalue weighted by atomic mass is 9.97. The van der Waals surface area contributed by atoms with Gasteiger partial charge in [0.05, 0.1) is 0 Å². The van der Waals surface area contributed by atoms with Gasteiger partial charge in [-0.15, -0.1) is 0 Å². The Morgan fingerprint density at radius 2 is 1.55 bits per heavy atom. The molecule has 2 saturated carbocycles. The van der Waals surface area contributed by atoms with E-state index in [1.54, 1.807) is 0 Å². The number of aryl methyl sites for hydroxylation is 1. The third kappa shape index (κ3) is 3.62. The Balaban J connectivity index is 1.78. The van der Waals surface area contributed by atoms with Gasteiger partial charge < -0.3 is 5.73 Å². The van der Waals surface area contributed by atoms with Crippen molar-refractivity contribution in [3.63, 3.8) is 0 Å². The molecule has 2 fully saturated rings. The van der Waals surface area contributed by atoms with Gasteiger partial charge in [-0.3, -0.25) is 4.90 Å². The lowest BCUT2D eigenvalue weighted by molar-refractivity contribution is 0.161. The normalized spacial score (nSPS) is 22.0. The van der Waals surface area contributed by atoms with Crippen molar-refractivity contribution >= 4 is 0 Å². The van der Waals surface area contributed by atoms with E-state index in [4.69, 9.17) is 5.73 Å². The summed E-state index contributed by atoms with van der Waals surface area (Å²) in [5, 5.41) is 0. The molecule has 0 heterocycles. The quantitative estimate of drug-likeness (QED) is 0.823. The first kappa shape index (κ1) is 14.1. The molecule has 2 N–H and O–H groups in total. The third-order valence-corrected chi connectivity index (χ3v) is 4.69. The minimum atomic E-state index is 0.190. The van der Waals surface area contributed by atoms with Crippen LogP contribution in [0, 0.1) is 18.8 Å². The molecule has 1 aromatic carbocycles. The Bertz CT molecular complexity index is 415. The Labute approximate surface area is 123 Å². The Hall–Kier alpha value is -0.860. The van der Waals surface area contributed by atoms with Crippen molar-refractivity contribution in [1.29, 1.82) is 0 Å². The summed E-state index contributed by atoms with van der Waals surface area (Å²) in [6, 6.07) is 9.56. The van der Waals surface area contributed by atoms with Crippen molar-refractivity contribution in [2.75, 3.05) is 13.1 Å². The van der Waals surface area contributed by atoms with Gasteiger partial charge >= 0.3 is 0 Å². The fourth-order valence-electron chi connectivity index (χ4n) is 3.18. The zero-order valence-corrected chi connectivity index (χ0v) is 12.9. The van der Waals surface area contributed by atoms with Crippen molar-refractivity contribution in [2.45, 2.75) is 51.6 Å². The van der Waals surface area contributed by atoms with Crippen LogP contribution in [0.4, 0.5) is 0 Å². The van der Waals surface area contributed by atoms with Crippen LogP contribution < -0.4 is 5.73 Å². The van der Waals surface area contributed by atoms with Crippen LogP contribution in [0.3, 0.4) is 0 Å². The number of nitrogens with two attached hydrogens (primary N) is 1. The average molecular weight is 272 g/mol. The second kappa shape index (κ2) is 5.87. The first-order chi connectivity index (χ1) is 9.63. The molecule has 20 heavy (non-hydrogen) atoms. The van der Waals surface area contributed by atoms with Crippen molar-refractivity contribution in [1.82, 2.24) is 4.90 Å². The molecule has 2 heteroatoms. The minimum absolute atomic E-state index is 0.190. The smallest absolute Gasteiger partial charge is 0.0496 e. The molecule has 3 rings (SSSR count). The van der Waals surface area contributed by atoms with E-state index in [2.05, 4.69) is 43.0 Å². The minimum Gasteiger partial charge on any atom is -0.326 e. The molecule has 2 aliphatic carbocycles. The summed E-state index contributed by atoms with van der Waals surface area (Å²) in [5.41, 5.74) is 9.08. The van der Waals surface area contributed by atoms with Crippen LogP contribution in [0.5, 0.6) is 0 Å². The zero-order valence-electron chi connectivity index (χ0n) is 12.9. The fraction of sp³-hybridized carbons (Fsp3) is 0.667. The highest BCUT2D eigenvalue weighted by Gasteiger charge is 2.34. The number of nitrogens with zero attached hydrogens (tertiary/aromatic N) is 1. The van der Waals surface area contributed by atoms with E-state index in [1.165, 1.54) is 49.9 Å². The van der Waals surface area contributed by atoms with E-state index >= 15 is 0 Å². The summed E-state index contributed by atoms with van der Waals surface area (Å²) in [4.78, 5) is 2.69. The van der Waals surface area contributed by atoms with Crippen LogP contribution >= 0.6 is 0 Å². The van der Waals surface area contributed by atoms with Crippen LogP contribution in [0.2, 0.25) is 0 Å². The molecule has 0 saturated heterocycles. The largest absolute Gasteiger partial charge is 0.326 e. The second-order valence-corrected chi connectivity index (χ2v) is 7.06. The molecule has 0 radical (unpaired) electrons. The average Bonchev–Trinajstić information content (AvgIpc) is 3.27. The first-order valence-electron chi connectivity index (χ1n) is 8.19. The maximum Gasteiger partial charge on any atom is 0.0496 e. The summed E-state index contributed by atoms with van der Waals surface area (Å²) < 4.78 is 0. The van der Waals surface area contributed by atoms with Gasteiger partial charge in [0, 0.05) is 25.2 Å². The number of hydrogen-bond donors (Lipinski definition) is 1. The molecule has 2 nitrogen and oxygen atoms in total. The van der Waals surface area contributed by atoms with Gasteiger partial charge in [0.1, 0.15) is 0 Å². The molecule has 0 spiro atoms. The van der Waals surface area contributed by atoms with Gasteiger partial charge in [-0.2, -0.15) is 0 Å². The molecule has 110 valence electrons. The maximum atomic E-state index is 6.36. The third-order valence-electron chi connectivity index (χ3n) is 4.69. The molecule has 0 aromatic heterocycles. The van der Waals surface area contributed by atoms with Crippen LogP contribution in [-0.2, 0) is 0 Å². The summed E-state index contributed by atoms with van der Waals surface area (Å²) in [7, 11) is 0. The van der Waals surface area contributed by atoms with Crippen LogP contribution in [0.1, 0.15) is 49.8 Å². The van der Waals surface area contributed by atoms with Crippen molar-refractivity contribution in [3.05, 3.63) is 35.4 Å². The fourth-order valence-corrected chi connectivity index (χ4v) is 3.18. The van der Waals surface area contributed by atoms with E-state index in [0.29, 0.717) is 6.04 Å². The van der Waals surface area contributed by atoms with Gasteiger partial charge in [-0.1, -0.05) is 29.8 Å². The zero-order chi connectivity index (χ0) is 14.1. The summed E-state index contributed by atoms with van der Waals surface area (Å²) in [5.74, 6) is 1.86. The van der Waals surface area contributed by atoms with Gasteiger partial charge in [0.15, 0.2) is 0 Å². The summed E-state index contributed by atoms with van der Waals surface area (Å²) in [6.07, 6.45) is 5.67. The predicted molar refractivity (Wildman–Crippen MR) is 84.6 cm³/mol. The maximum absolute atomic E-state index is 6.36. The van der Waals surface area contributed by atoms with E-state index in [-0.39, 0.29) is 6.04 Å². The lowest BCUT2D eigenvalue weighted by Crippen LogP contribution is -2.41. The number of benzene rings is 1. The van der Waals surface area contributed by atoms with E-state index < -0.39 is 0 Å². The SMILES string of the molecule is Cc1ccc(C(C(C)N)N(CC2CC2)CC2CC2)cc1. The standard InChI is InChI=1S/C18H28N2/c1-13-3-9-17(10-4-13)18(14(2)19)20(11-15-5-6-15)12-16-7-8-16/h3-4,9-10,14-16,18H,5-8,11-12,19H2,1-2H3. The molecular weight excluding hydrogens is 244 g/mol. The topological polar surface area (TPSA) is 29.3 Å². The van der Waals surface area contributed by atoms with Crippen molar-refractivity contribution < 1.29 is 0 Å². The summed E-state index contributed by atoms with van der Waals surface area (Å²) in [6.45, 7) is 6.81. The Morgan fingerprint density at radius 1 is 1.05 bits per heavy atom. The van der Waals surface area contributed by atoms with E-state index in [9.17, 15) is 0 Å². The molecule has 2 atom stereocenters. The van der Waals surface area contributed by atoms with Crippen molar-refractivity contribution in [2.24, 2.45) is 17.6 Å². The van der Waals surface area contributed by atoms with Gasteiger partial charge in [-0.25, -0.2) is 0 Å². The second-order valence-electron chi connectivity index (χ2n) is 7.06. The van der Waals surface area contributed by atoms with E-state index in [0.717, 1.165) is 11.8 Å². The predicted octanol–water partition coefficient (Wildman–Crippen LogP) is 3.51. The van der Waals surface area contributed by atoms with Crippen molar-refractivity contribution in [3.8, 4) is 0 Å². The molecular formula is C18H28N2. The molecule has 0 aliphatic heterocycles. The van der Waals surface area contributed by atoms with E-state index in [1.807, 2.05) is 0 Å². The monoisotopic (exact) mass is 272 g/mol. The number of rotatable bonds is 7. The molecule has 1 aromatic rings. The van der Waals surface area contributed by atoms with Crippen LogP contribution in [0.25, 0.3) is 0 Å². The van der Waals surface area contributed by atoms with Gasteiger partial charge in [-0.05, 0) is 56.9 Å².